The average molecular weight is 268 g/mol. The van der Waals surface area contributed by atoms with Crippen molar-refractivity contribution in [2.24, 2.45) is 5.73 Å². The molecule has 1 aliphatic heterocycles. The van der Waals surface area contributed by atoms with E-state index in [1.54, 1.807) is 11.8 Å². The van der Waals surface area contributed by atoms with E-state index in [0.717, 1.165) is 0 Å². The Balaban J connectivity index is 2.03. The maximum absolute atomic E-state index is 12.0. The highest BCUT2D eigenvalue weighted by molar-refractivity contribution is 5.68. The van der Waals surface area contributed by atoms with Crippen LogP contribution in [0.1, 0.15) is 38.4 Å². The minimum atomic E-state index is -0.514. The number of carbonyl (C=O) groups excluding carboxylic acids is 1. The van der Waals surface area contributed by atoms with Crippen LogP contribution in [-0.4, -0.2) is 45.9 Å². The first kappa shape index (κ1) is 13.8. The molecule has 0 spiro atoms. The lowest BCUT2D eigenvalue weighted by Gasteiger charge is -2.24. The molecule has 19 heavy (non-hydrogen) atoms. The van der Waals surface area contributed by atoms with Crippen molar-refractivity contribution in [1.82, 2.24) is 15.0 Å². The van der Waals surface area contributed by atoms with E-state index < -0.39 is 5.60 Å². The van der Waals surface area contributed by atoms with Crippen molar-refractivity contribution in [2.75, 3.05) is 13.1 Å². The molecule has 7 nitrogen and oxygen atoms in total. The molecule has 1 aromatic rings. The first-order chi connectivity index (χ1) is 8.76. The van der Waals surface area contributed by atoms with Gasteiger partial charge in [-0.1, -0.05) is 5.16 Å². The number of nitrogens with two attached hydrogens (primary N) is 1. The average Bonchev–Trinajstić information content (AvgIpc) is 2.82. The predicted molar refractivity (Wildman–Crippen MR) is 67.6 cm³/mol. The molecular formula is C12H20N4O3. The molecular weight excluding hydrogens is 248 g/mol. The number of hydrogen-bond donors (Lipinski definition) is 1. The van der Waals surface area contributed by atoms with Crippen LogP contribution in [0.5, 0.6) is 0 Å². The van der Waals surface area contributed by atoms with E-state index in [4.69, 9.17) is 15.0 Å². The smallest absolute Gasteiger partial charge is 0.410 e. The number of ether oxygens (including phenoxy) is 1. The molecule has 2 rings (SSSR count). The summed E-state index contributed by atoms with van der Waals surface area (Å²) in [5.41, 5.74) is 5.52. The van der Waals surface area contributed by atoms with Crippen molar-refractivity contribution >= 4 is 6.09 Å². The molecule has 1 fully saturated rings. The lowest BCUT2D eigenvalue weighted by Crippen LogP contribution is -2.36. The number of hydrogen-bond acceptors (Lipinski definition) is 6. The van der Waals surface area contributed by atoms with Gasteiger partial charge in [-0.15, -0.1) is 0 Å². The van der Waals surface area contributed by atoms with E-state index in [0.29, 0.717) is 24.8 Å². The molecule has 2 atom stereocenters. The standard InChI is InChI=1S/C12H20N4O3/c1-7-14-10(19-15-7)8-5-16(6-9(8)13)11(17)18-12(2,3)4/h8-9H,5-6,13H2,1-4H3. The number of aromatic nitrogens is 2. The number of amides is 1. The van der Waals surface area contributed by atoms with Crippen molar-refractivity contribution in [3.8, 4) is 0 Å². The van der Waals surface area contributed by atoms with Gasteiger partial charge in [-0.3, -0.25) is 0 Å². The summed E-state index contributed by atoms with van der Waals surface area (Å²) in [6.45, 7) is 8.12. The van der Waals surface area contributed by atoms with E-state index in [9.17, 15) is 4.79 Å². The van der Waals surface area contributed by atoms with Crippen LogP contribution in [0.3, 0.4) is 0 Å². The van der Waals surface area contributed by atoms with Crippen molar-refractivity contribution < 1.29 is 14.1 Å². The summed E-state index contributed by atoms with van der Waals surface area (Å²) >= 11 is 0. The summed E-state index contributed by atoms with van der Waals surface area (Å²) in [7, 11) is 0. The van der Waals surface area contributed by atoms with E-state index in [-0.39, 0.29) is 18.1 Å². The minimum absolute atomic E-state index is 0.131. The Hall–Kier alpha value is -1.63. The largest absolute Gasteiger partial charge is 0.444 e. The highest BCUT2D eigenvalue weighted by atomic mass is 16.6. The van der Waals surface area contributed by atoms with Crippen LogP contribution >= 0.6 is 0 Å². The van der Waals surface area contributed by atoms with Crippen LogP contribution in [0.15, 0.2) is 4.52 Å². The van der Waals surface area contributed by atoms with E-state index in [2.05, 4.69) is 10.1 Å². The molecule has 0 aromatic carbocycles. The van der Waals surface area contributed by atoms with Gasteiger partial charge in [0, 0.05) is 19.1 Å². The second kappa shape index (κ2) is 4.80. The van der Waals surface area contributed by atoms with Crippen LogP contribution < -0.4 is 5.73 Å². The van der Waals surface area contributed by atoms with E-state index >= 15 is 0 Å². The number of nitrogens with zero attached hydrogens (tertiary/aromatic N) is 3. The topological polar surface area (TPSA) is 94.5 Å². The molecule has 1 amide bonds. The minimum Gasteiger partial charge on any atom is -0.444 e. The van der Waals surface area contributed by atoms with E-state index in [1.165, 1.54) is 0 Å². The maximum Gasteiger partial charge on any atom is 0.410 e. The van der Waals surface area contributed by atoms with Gasteiger partial charge in [0.2, 0.25) is 5.89 Å². The van der Waals surface area contributed by atoms with Crippen LogP contribution in [-0.2, 0) is 4.74 Å². The predicted octanol–water partition coefficient (Wildman–Crippen LogP) is 1.04. The summed E-state index contributed by atoms with van der Waals surface area (Å²) < 4.78 is 10.5. The second-order valence-electron chi connectivity index (χ2n) is 5.84. The molecule has 0 radical (unpaired) electrons. The van der Waals surface area contributed by atoms with E-state index in [1.807, 2.05) is 20.8 Å². The Kier molecular flexibility index (Phi) is 3.49. The van der Waals surface area contributed by atoms with Gasteiger partial charge in [-0.2, -0.15) is 4.98 Å². The van der Waals surface area contributed by atoms with Gasteiger partial charge in [0.25, 0.3) is 0 Å². The van der Waals surface area contributed by atoms with Crippen molar-refractivity contribution in [2.45, 2.75) is 45.3 Å². The first-order valence-corrected chi connectivity index (χ1v) is 6.30. The molecule has 0 saturated carbocycles. The fourth-order valence-electron chi connectivity index (χ4n) is 2.03. The summed E-state index contributed by atoms with van der Waals surface area (Å²) in [5.74, 6) is 0.919. The SMILES string of the molecule is Cc1noc(C2CN(C(=O)OC(C)(C)C)CC2N)n1. The van der Waals surface area contributed by atoms with Gasteiger partial charge in [0.15, 0.2) is 5.82 Å². The number of aryl methyl sites for hydroxylation is 1. The monoisotopic (exact) mass is 268 g/mol. The zero-order chi connectivity index (χ0) is 14.2. The molecule has 0 aliphatic carbocycles. The molecule has 7 heteroatoms. The number of carbonyl (C=O) groups is 1. The zero-order valence-electron chi connectivity index (χ0n) is 11.7. The van der Waals surface area contributed by atoms with Crippen LogP contribution in [0, 0.1) is 6.92 Å². The molecule has 1 aliphatic rings. The Bertz CT molecular complexity index is 466. The summed E-state index contributed by atoms with van der Waals surface area (Å²) in [4.78, 5) is 17.7. The summed E-state index contributed by atoms with van der Waals surface area (Å²) in [6.07, 6.45) is -0.360. The zero-order valence-corrected chi connectivity index (χ0v) is 11.7. The molecule has 2 heterocycles. The molecule has 2 unspecified atom stereocenters. The molecule has 1 saturated heterocycles. The van der Waals surface area contributed by atoms with Gasteiger partial charge in [0.1, 0.15) is 5.60 Å². The Labute approximate surface area is 112 Å². The quantitative estimate of drug-likeness (QED) is 0.817. The van der Waals surface area contributed by atoms with Crippen LogP contribution in [0.25, 0.3) is 0 Å². The Morgan fingerprint density at radius 3 is 2.68 bits per heavy atom. The third kappa shape index (κ3) is 3.23. The molecule has 2 N–H and O–H groups in total. The van der Waals surface area contributed by atoms with Crippen LogP contribution in [0.2, 0.25) is 0 Å². The highest BCUT2D eigenvalue weighted by Gasteiger charge is 2.38. The van der Waals surface area contributed by atoms with Crippen molar-refractivity contribution in [3.05, 3.63) is 11.7 Å². The lowest BCUT2D eigenvalue weighted by atomic mass is 10.1. The molecule has 1 aromatic heterocycles. The second-order valence-corrected chi connectivity index (χ2v) is 5.84. The summed E-state index contributed by atoms with van der Waals surface area (Å²) in [5, 5.41) is 3.75. The summed E-state index contributed by atoms with van der Waals surface area (Å²) in [6, 6.07) is -0.215. The maximum atomic E-state index is 12.0. The van der Waals surface area contributed by atoms with Gasteiger partial charge in [-0.05, 0) is 27.7 Å². The van der Waals surface area contributed by atoms with Gasteiger partial charge >= 0.3 is 6.09 Å². The third-order valence-electron chi connectivity index (χ3n) is 2.88. The third-order valence-corrected chi connectivity index (χ3v) is 2.88. The number of likely N-dealkylation sites (tertiary alicyclic amines) is 1. The van der Waals surface area contributed by atoms with Crippen molar-refractivity contribution in [3.63, 3.8) is 0 Å². The van der Waals surface area contributed by atoms with Crippen LogP contribution in [0.4, 0.5) is 4.79 Å². The lowest BCUT2D eigenvalue weighted by molar-refractivity contribution is 0.0289. The van der Waals surface area contributed by atoms with Gasteiger partial charge in [-0.25, -0.2) is 4.79 Å². The molecule has 0 bridgehead atoms. The van der Waals surface area contributed by atoms with Crippen molar-refractivity contribution in [1.29, 1.82) is 0 Å². The first-order valence-electron chi connectivity index (χ1n) is 6.30. The van der Waals surface area contributed by atoms with Gasteiger partial charge in [0.05, 0.1) is 5.92 Å². The Morgan fingerprint density at radius 2 is 2.16 bits per heavy atom. The Morgan fingerprint density at radius 1 is 1.47 bits per heavy atom. The fourth-order valence-corrected chi connectivity index (χ4v) is 2.03. The fraction of sp³-hybridized carbons (Fsp3) is 0.750. The highest BCUT2D eigenvalue weighted by Crippen LogP contribution is 2.26. The van der Waals surface area contributed by atoms with Gasteiger partial charge < -0.3 is 19.9 Å². The normalized spacial score (nSPS) is 23.7. The number of rotatable bonds is 1. The molecule has 106 valence electrons.